The maximum Gasteiger partial charge on any atom is 0.512 e. The van der Waals surface area contributed by atoms with Crippen molar-refractivity contribution in [2.24, 2.45) is 0 Å². The second kappa shape index (κ2) is 9.30. The van der Waals surface area contributed by atoms with Gasteiger partial charge >= 0.3 is 38.0 Å². The molecular weight excluding hydrogens is 523 g/mol. The maximum absolute atomic E-state index is 13.9. The van der Waals surface area contributed by atoms with Crippen LogP contribution >= 0.6 is 0 Å². The lowest BCUT2D eigenvalue weighted by atomic mass is 9.99. The van der Waals surface area contributed by atoms with Crippen LogP contribution in [0.1, 0.15) is 31.7 Å². The van der Waals surface area contributed by atoms with Gasteiger partial charge in [-0.1, -0.05) is 30.1 Å². The molecule has 32 heavy (non-hydrogen) atoms. The second-order valence-electron chi connectivity index (χ2n) is 6.34. The Hall–Kier alpha value is -1.66. The molecule has 1 rings (SSSR count). The molecule has 2 atom stereocenters. The normalized spacial score (nSPS) is 16.1. The van der Waals surface area contributed by atoms with Crippen LogP contribution in [0.15, 0.2) is 24.3 Å². The molecule has 0 aromatic heterocycles. The lowest BCUT2D eigenvalue weighted by molar-refractivity contribution is -0.118. The highest BCUT2D eigenvalue weighted by atomic mass is 32.3. The zero-order valence-corrected chi connectivity index (χ0v) is 18.4. The first kappa shape index (κ1) is 28.4. The fourth-order valence-electron chi connectivity index (χ4n) is 2.17. The molecule has 18 heteroatoms. The summed E-state index contributed by atoms with van der Waals surface area (Å²) in [6.07, 6.45) is -4.43. The van der Waals surface area contributed by atoms with Crippen LogP contribution in [0.2, 0.25) is 0 Å². The molecule has 1 aromatic carbocycles. The first-order valence-electron chi connectivity index (χ1n) is 8.22. The molecule has 0 spiro atoms. The fraction of sp³-hybridized carbons (Fsp3) is 0.571. The average molecular weight is 539 g/mol. The zero-order chi connectivity index (χ0) is 25.3. The maximum atomic E-state index is 13.9. The van der Waals surface area contributed by atoms with Crippen LogP contribution in [0.25, 0.3) is 0 Å². The quantitative estimate of drug-likeness (QED) is 0.358. The van der Waals surface area contributed by atoms with Crippen molar-refractivity contribution >= 4 is 30.2 Å². The number of nitrogens with one attached hydrogen (secondary N) is 1. The Labute approximate surface area is 179 Å². The van der Waals surface area contributed by atoms with E-state index in [0.29, 0.717) is 12.0 Å². The average Bonchev–Trinajstić information content (AvgIpc) is 2.58. The third kappa shape index (κ3) is 6.22. The molecule has 2 unspecified atom stereocenters. The smallest absolute Gasteiger partial charge is 0.381 e. The van der Waals surface area contributed by atoms with E-state index in [-0.39, 0.29) is 10.0 Å². The van der Waals surface area contributed by atoms with Crippen LogP contribution in [0.4, 0.5) is 30.7 Å². The molecule has 0 aliphatic rings. The first-order valence-corrected chi connectivity index (χ1v) is 12.7. The summed E-state index contributed by atoms with van der Waals surface area (Å²) in [6, 6.07) is 4.17. The van der Waals surface area contributed by atoms with E-state index in [9.17, 15) is 56.0 Å². The fourth-order valence-corrected chi connectivity index (χ4v) is 7.30. The van der Waals surface area contributed by atoms with E-state index in [1.807, 2.05) is 0 Å². The molecule has 1 N–H and O–H groups in total. The minimum absolute atomic E-state index is 0.0614. The monoisotopic (exact) mass is 539 g/mol. The summed E-state index contributed by atoms with van der Waals surface area (Å²) in [4.78, 5) is 0. The highest BCUT2D eigenvalue weighted by Gasteiger charge is 2.65. The minimum Gasteiger partial charge on any atom is -0.381 e. The van der Waals surface area contributed by atoms with E-state index in [0.717, 1.165) is 12.1 Å². The van der Waals surface area contributed by atoms with Gasteiger partial charge in [-0.25, -0.2) is 25.6 Å². The van der Waals surface area contributed by atoms with E-state index in [2.05, 4.69) is 4.18 Å². The summed E-state index contributed by atoms with van der Waals surface area (Å²) in [6.45, 7) is 3.55. The molecule has 0 amide bonds. The molecule has 0 saturated heterocycles. The van der Waals surface area contributed by atoms with Crippen molar-refractivity contribution in [3.63, 3.8) is 0 Å². The lowest BCUT2D eigenvalue weighted by Crippen LogP contribution is -2.57. The molecule has 0 fully saturated rings. The SMILES string of the molecule is CCC(C)c1ccc(OS(=O)(=O)C(C(F)(F)C(F)F)S(=O)(=O)NS(=O)(=O)C(F)(F)F)cc1. The molecule has 0 aliphatic heterocycles. The number of alkyl halides is 7. The third-order valence-electron chi connectivity index (χ3n) is 3.95. The Morgan fingerprint density at radius 2 is 1.41 bits per heavy atom. The van der Waals surface area contributed by atoms with Crippen molar-refractivity contribution in [2.45, 2.75) is 48.6 Å². The molecule has 0 heterocycles. The zero-order valence-electron chi connectivity index (χ0n) is 16.0. The van der Waals surface area contributed by atoms with Crippen molar-refractivity contribution in [2.75, 3.05) is 0 Å². The number of rotatable bonds is 10. The van der Waals surface area contributed by atoms with Gasteiger partial charge in [0.1, 0.15) is 5.75 Å². The summed E-state index contributed by atoms with van der Waals surface area (Å²) in [7, 11) is -20.2. The van der Waals surface area contributed by atoms with Crippen molar-refractivity contribution in [1.82, 2.24) is 4.13 Å². The number of hydrogen-bond donors (Lipinski definition) is 1. The highest BCUT2D eigenvalue weighted by Crippen LogP contribution is 2.36. The van der Waals surface area contributed by atoms with Crippen molar-refractivity contribution < 1.29 is 60.2 Å². The Bertz CT molecular complexity index is 1120. The summed E-state index contributed by atoms with van der Waals surface area (Å²) in [5, 5.41) is 0. The topological polar surface area (TPSA) is 124 Å². The highest BCUT2D eigenvalue weighted by molar-refractivity contribution is 8.12. The van der Waals surface area contributed by atoms with E-state index in [4.69, 9.17) is 0 Å². The molecule has 186 valence electrons. The van der Waals surface area contributed by atoms with Gasteiger partial charge in [-0.15, -0.1) is 0 Å². The molecule has 0 saturated carbocycles. The molecule has 8 nitrogen and oxygen atoms in total. The Morgan fingerprint density at radius 3 is 1.78 bits per heavy atom. The summed E-state index contributed by atoms with van der Waals surface area (Å²) in [5.41, 5.74) is -5.81. The lowest BCUT2D eigenvalue weighted by Gasteiger charge is -2.25. The van der Waals surface area contributed by atoms with Gasteiger partial charge in [-0.2, -0.15) is 30.4 Å². The van der Waals surface area contributed by atoms with Crippen LogP contribution in [-0.4, -0.2) is 47.7 Å². The minimum atomic E-state index is -6.97. The number of sulfonamides is 2. The third-order valence-corrected chi connectivity index (χ3v) is 9.98. The van der Waals surface area contributed by atoms with E-state index >= 15 is 0 Å². The van der Waals surface area contributed by atoms with Crippen molar-refractivity contribution in [3.05, 3.63) is 29.8 Å². The van der Waals surface area contributed by atoms with E-state index in [1.165, 1.54) is 12.1 Å². The summed E-state index contributed by atoms with van der Waals surface area (Å²) >= 11 is 0. The van der Waals surface area contributed by atoms with Crippen LogP contribution in [0.5, 0.6) is 5.75 Å². The van der Waals surface area contributed by atoms with Crippen LogP contribution in [0, 0.1) is 0 Å². The van der Waals surface area contributed by atoms with Gasteiger partial charge in [0.25, 0.3) is 14.6 Å². The predicted octanol–water partition coefficient (Wildman–Crippen LogP) is 2.90. The van der Waals surface area contributed by atoms with Crippen LogP contribution in [-0.2, 0) is 30.2 Å². The van der Waals surface area contributed by atoms with Crippen LogP contribution in [0.3, 0.4) is 0 Å². The predicted molar refractivity (Wildman–Crippen MR) is 96.5 cm³/mol. The largest absolute Gasteiger partial charge is 0.512 e. The van der Waals surface area contributed by atoms with Gasteiger partial charge in [0.15, 0.2) is 0 Å². The van der Waals surface area contributed by atoms with Crippen LogP contribution < -0.4 is 8.31 Å². The molecular formula is C14H16F7NO7S3. The van der Waals surface area contributed by atoms with Gasteiger partial charge in [-0.3, -0.25) is 0 Å². The van der Waals surface area contributed by atoms with Gasteiger partial charge in [-0.05, 0) is 30.0 Å². The second-order valence-corrected chi connectivity index (χ2v) is 12.0. The van der Waals surface area contributed by atoms with Crippen molar-refractivity contribution in [3.8, 4) is 5.75 Å². The molecule has 0 radical (unpaired) electrons. The number of benzene rings is 1. The Balaban J connectivity index is 3.52. The molecule has 1 aromatic rings. The number of hydrogen-bond acceptors (Lipinski definition) is 7. The standard InChI is InChI=1S/C14H16F7NO7S3/c1-3-8(2)9-4-6-10(7-5-9)29-31(25,26)12(13(17,18)11(15)16)30(23,24)22-32(27,28)14(19,20)21/h4-8,11-12,22H,3H2,1-2H3. The van der Waals surface area contributed by atoms with E-state index < -0.39 is 58.4 Å². The Kier molecular flexibility index (Phi) is 8.24. The first-order chi connectivity index (χ1) is 14.2. The number of halogens is 7. The van der Waals surface area contributed by atoms with Crippen molar-refractivity contribution in [1.29, 1.82) is 0 Å². The van der Waals surface area contributed by atoms with E-state index in [1.54, 1.807) is 13.8 Å². The van der Waals surface area contributed by atoms with Gasteiger partial charge in [0.05, 0.1) is 0 Å². The molecule has 0 aliphatic carbocycles. The summed E-state index contributed by atoms with van der Waals surface area (Å²) in [5.74, 6) is -6.99. The molecule has 0 bridgehead atoms. The van der Waals surface area contributed by atoms with Gasteiger partial charge in [0, 0.05) is 0 Å². The summed E-state index contributed by atoms with van der Waals surface area (Å²) < 4.78 is 160. The Morgan fingerprint density at radius 1 is 0.938 bits per heavy atom. The van der Waals surface area contributed by atoms with Gasteiger partial charge in [0.2, 0.25) is 0 Å². The van der Waals surface area contributed by atoms with Gasteiger partial charge < -0.3 is 4.18 Å².